The molecule has 2 saturated carbocycles. The fraction of sp³-hybridized carbons (Fsp3) is 0.625. The molecule has 3 nitrogen and oxygen atoms in total. The predicted octanol–water partition coefficient (Wildman–Crippen LogP) is 2.54. The van der Waals surface area contributed by atoms with Crippen molar-refractivity contribution in [3.63, 3.8) is 0 Å². The summed E-state index contributed by atoms with van der Waals surface area (Å²) in [6.07, 6.45) is 5.51. The summed E-state index contributed by atoms with van der Waals surface area (Å²) in [6.45, 7) is 0.990. The minimum Gasteiger partial charge on any atom is -0.309 e. The maximum absolute atomic E-state index is 12.2. The summed E-state index contributed by atoms with van der Waals surface area (Å²) in [5.74, 6) is 2.82. The van der Waals surface area contributed by atoms with Crippen LogP contribution in [0.3, 0.4) is 0 Å². The summed E-state index contributed by atoms with van der Waals surface area (Å²) >= 11 is 0. The highest BCUT2D eigenvalue weighted by molar-refractivity contribution is 7.91. The summed E-state index contributed by atoms with van der Waals surface area (Å²) in [7, 11) is -3.07. The van der Waals surface area contributed by atoms with E-state index in [1.165, 1.54) is 25.7 Å². The van der Waals surface area contributed by atoms with Crippen molar-refractivity contribution in [3.05, 3.63) is 29.8 Å². The van der Waals surface area contributed by atoms with Crippen molar-refractivity contribution in [2.24, 2.45) is 17.8 Å². The van der Waals surface area contributed by atoms with E-state index >= 15 is 0 Å². The molecule has 1 aromatic carbocycles. The Bertz CT molecular complexity index is 605. The van der Waals surface area contributed by atoms with Crippen molar-refractivity contribution in [3.8, 4) is 0 Å². The second-order valence-electron chi connectivity index (χ2n) is 6.62. The zero-order valence-corrected chi connectivity index (χ0v) is 12.4. The van der Waals surface area contributed by atoms with Gasteiger partial charge < -0.3 is 5.32 Å². The highest BCUT2D eigenvalue weighted by Crippen LogP contribution is 2.49. The molecule has 108 valence electrons. The first-order valence-corrected chi connectivity index (χ1v) is 9.35. The summed E-state index contributed by atoms with van der Waals surface area (Å²) in [5.41, 5.74) is 0.970. The Morgan fingerprint density at radius 2 is 1.75 bits per heavy atom. The average Bonchev–Trinajstić information content (AvgIpc) is 3.31. The third kappa shape index (κ3) is 2.29. The molecule has 4 heteroatoms. The SMILES string of the molecule is O=S1(=O)CC(NCC(C2CC2)C2CC2)c2ccccc21. The van der Waals surface area contributed by atoms with Crippen LogP contribution in [0.15, 0.2) is 29.2 Å². The lowest BCUT2D eigenvalue weighted by atomic mass is 9.97. The van der Waals surface area contributed by atoms with Crippen LogP contribution in [0.1, 0.15) is 37.3 Å². The van der Waals surface area contributed by atoms with Gasteiger partial charge in [0.05, 0.1) is 10.6 Å². The molecule has 1 heterocycles. The first-order valence-electron chi connectivity index (χ1n) is 7.70. The number of rotatable bonds is 5. The number of sulfone groups is 1. The lowest BCUT2D eigenvalue weighted by Crippen LogP contribution is -2.30. The van der Waals surface area contributed by atoms with Crippen molar-refractivity contribution in [2.45, 2.75) is 36.6 Å². The summed E-state index contributed by atoms with van der Waals surface area (Å²) in [6, 6.07) is 7.45. The number of benzene rings is 1. The maximum Gasteiger partial charge on any atom is 0.180 e. The van der Waals surface area contributed by atoms with E-state index in [1.807, 2.05) is 18.2 Å². The van der Waals surface area contributed by atoms with Gasteiger partial charge in [-0.2, -0.15) is 0 Å². The zero-order chi connectivity index (χ0) is 13.7. The normalized spacial score (nSPS) is 27.8. The largest absolute Gasteiger partial charge is 0.309 e. The number of hydrogen-bond donors (Lipinski definition) is 1. The average molecular weight is 291 g/mol. The van der Waals surface area contributed by atoms with Crippen molar-refractivity contribution in [2.75, 3.05) is 12.3 Å². The van der Waals surface area contributed by atoms with Crippen molar-refractivity contribution in [1.29, 1.82) is 0 Å². The third-order valence-electron chi connectivity index (χ3n) is 5.07. The molecular formula is C16H21NO2S. The van der Waals surface area contributed by atoms with Crippen LogP contribution in [0.2, 0.25) is 0 Å². The fourth-order valence-corrected chi connectivity index (χ4v) is 5.44. The van der Waals surface area contributed by atoms with Crippen LogP contribution in [-0.4, -0.2) is 20.7 Å². The van der Waals surface area contributed by atoms with Crippen LogP contribution < -0.4 is 5.32 Å². The summed E-state index contributed by atoms with van der Waals surface area (Å²) in [5, 5.41) is 3.56. The quantitative estimate of drug-likeness (QED) is 0.907. The van der Waals surface area contributed by atoms with Crippen LogP contribution in [0.25, 0.3) is 0 Å². The zero-order valence-electron chi connectivity index (χ0n) is 11.6. The molecule has 0 saturated heterocycles. The van der Waals surface area contributed by atoms with Gasteiger partial charge in [-0.1, -0.05) is 18.2 Å². The molecule has 1 aliphatic heterocycles. The first-order chi connectivity index (χ1) is 9.65. The van der Waals surface area contributed by atoms with Gasteiger partial charge in [0.25, 0.3) is 0 Å². The van der Waals surface area contributed by atoms with E-state index in [9.17, 15) is 8.42 Å². The molecule has 2 fully saturated rings. The molecule has 0 radical (unpaired) electrons. The Morgan fingerprint density at radius 1 is 1.10 bits per heavy atom. The Kier molecular flexibility index (Phi) is 2.93. The molecule has 20 heavy (non-hydrogen) atoms. The highest BCUT2D eigenvalue weighted by Gasteiger charge is 2.42. The van der Waals surface area contributed by atoms with Crippen LogP contribution in [0, 0.1) is 17.8 Å². The van der Waals surface area contributed by atoms with Crippen LogP contribution in [0.4, 0.5) is 0 Å². The van der Waals surface area contributed by atoms with E-state index in [0.29, 0.717) is 4.90 Å². The predicted molar refractivity (Wildman–Crippen MR) is 78.2 cm³/mol. The number of nitrogens with one attached hydrogen (secondary N) is 1. The molecule has 1 unspecified atom stereocenters. The minimum atomic E-state index is -3.07. The molecule has 4 rings (SSSR count). The van der Waals surface area contributed by atoms with Crippen LogP contribution in [0.5, 0.6) is 0 Å². The van der Waals surface area contributed by atoms with E-state index in [4.69, 9.17) is 0 Å². The van der Waals surface area contributed by atoms with Crippen molar-refractivity contribution < 1.29 is 8.42 Å². The van der Waals surface area contributed by atoms with Gasteiger partial charge in [0.2, 0.25) is 0 Å². The Morgan fingerprint density at radius 3 is 2.40 bits per heavy atom. The molecule has 0 spiro atoms. The molecule has 0 amide bonds. The van der Waals surface area contributed by atoms with Crippen LogP contribution in [-0.2, 0) is 9.84 Å². The van der Waals surface area contributed by atoms with Gasteiger partial charge in [0, 0.05) is 6.04 Å². The van der Waals surface area contributed by atoms with E-state index in [2.05, 4.69) is 5.32 Å². The highest BCUT2D eigenvalue weighted by atomic mass is 32.2. The Hall–Kier alpha value is -0.870. The Labute approximate surface area is 120 Å². The molecule has 1 atom stereocenters. The molecule has 1 aromatic rings. The van der Waals surface area contributed by atoms with Crippen molar-refractivity contribution in [1.82, 2.24) is 5.32 Å². The van der Waals surface area contributed by atoms with Gasteiger partial charge in [0.1, 0.15) is 0 Å². The van der Waals surface area contributed by atoms with Gasteiger partial charge in [-0.15, -0.1) is 0 Å². The summed E-state index contributed by atoms with van der Waals surface area (Å²) < 4.78 is 24.3. The fourth-order valence-electron chi connectivity index (χ4n) is 3.66. The molecule has 0 aromatic heterocycles. The number of hydrogen-bond acceptors (Lipinski definition) is 3. The van der Waals surface area contributed by atoms with Gasteiger partial charge >= 0.3 is 0 Å². The monoisotopic (exact) mass is 291 g/mol. The second-order valence-corrected chi connectivity index (χ2v) is 8.62. The van der Waals surface area contributed by atoms with Gasteiger partial charge in [-0.05, 0) is 61.6 Å². The number of fused-ring (bicyclic) bond motifs is 1. The summed E-state index contributed by atoms with van der Waals surface area (Å²) in [4.78, 5) is 0.534. The Balaban J connectivity index is 1.49. The topological polar surface area (TPSA) is 46.2 Å². The minimum absolute atomic E-state index is 0.00352. The maximum atomic E-state index is 12.2. The molecule has 2 aliphatic carbocycles. The lowest BCUT2D eigenvalue weighted by Gasteiger charge is -2.20. The smallest absolute Gasteiger partial charge is 0.180 e. The van der Waals surface area contributed by atoms with E-state index < -0.39 is 9.84 Å². The van der Waals surface area contributed by atoms with Crippen LogP contribution >= 0.6 is 0 Å². The molecular weight excluding hydrogens is 270 g/mol. The van der Waals surface area contributed by atoms with Gasteiger partial charge in [-0.3, -0.25) is 0 Å². The lowest BCUT2D eigenvalue weighted by molar-refractivity contribution is 0.363. The molecule has 0 bridgehead atoms. The van der Waals surface area contributed by atoms with E-state index in [0.717, 1.165) is 29.9 Å². The molecule has 3 aliphatic rings. The van der Waals surface area contributed by atoms with Gasteiger partial charge in [0.15, 0.2) is 9.84 Å². The van der Waals surface area contributed by atoms with E-state index in [-0.39, 0.29) is 11.8 Å². The first kappa shape index (κ1) is 12.8. The standard InChI is InChI=1S/C16H21NO2S/c18-20(19)10-15(13-3-1-2-4-16(13)20)17-9-14(11-5-6-11)12-7-8-12/h1-4,11-12,14-15,17H,5-10H2. The van der Waals surface area contributed by atoms with Gasteiger partial charge in [-0.25, -0.2) is 8.42 Å². The third-order valence-corrected chi connectivity index (χ3v) is 6.88. The van der Waals surface area contributed by atoms with E-state index in [1.54, 1.807) is 6.07 Å². The second kappa shape index (κ2) is 4.57. The molecule has 1 N–H and O–H groups in total. The van der Waals surface area contributed by atoms with Crippen molar-refractivity contribution >= 4 is 9.84 Å².